The second-order valence-corrected chi connectivity index (χ2v) is 12.0. The molecule has 2 amide bonds. The van der Waals surface area contributed by atoms with E-state index >= 15 is 0 Å². The third kappa shape index (κ3) is 6.21. The lowest BCUT2D eigenvalue weighted by Crippen LogP contribution is -2.62. The normalized spacial score (nSPS) is 18.9. The predicted molar refractivity (Wildman–Crippen MR) is 146 cm³/mol. The van der Waals surface area contributed by atoms with Crippen LogP contribution in [0.1, 0.15) is 29.5 Å². The second-order valence-electron chi connectivity index (χ2n) is 9.58. The van der Waals surface area contributed by atoms with Gasteiger partial charge in [-0.05, 0) is 42.2 Å². The number of urea groups is 1. The molecule has 1 aliphatic heterocycles. The van der Waals surface area contributed by atoms with E-state index in [0.29, 0.717) is 24.0 Å². The lowest BCUT2D eigenvalue weighted by molar-refractivity contribution is -0.178. The number of anilines is 1. The highest BCUT2D eigenvalue weighted by atomic mass is 35.5. The Bertz CT molecular complexity index is 1440. The Balaban J connectivity index is 1.51. The topological polar surface area (TPSA) is 67.9 Å². The maximum absolute atomic E-state index is 14.6. The molecule has 1 saturated carbocycles. The van der Waals surface area contributed by atoms with Gasteiger partial charge in [0.15, 0.2) is 0 Å². The van der Waals surface area contributed by atoms with Gasteiger partial charge in [-0.15, -0.1) is 0 Å². The molecule has 0 saturated heterocycles. The molecule has 0 aromatic heterocycles. The summed E-state index contributed by atoms with van der Waals surface area (Å²) in [5.74, 6) is 4.79. The van der Waals surface area contributed by atoms with Crippen LogP contribution in [0.3, 0.4) is 0 Å². The predicted octanol–water partition coefficient (Wildman–Crippen LogP) is 7.62. The summed E-state index contributed by atoms with van der Waals surface area (Å²) in [4.78, 5) is 14.3. The highest BCUT2D eigenvalue weighted by Crippen LogP contribution is 2.54. The van der Waals surface area contributed by atoms with Crippen molar-refractivity contribution < 1.29 is 31.6 Å². The molecule has 0 radical (unpaired) electrons. The first-order chi connectivity index (χ1) is 19.1. The fourth-order valence-corrected chi connectivity index (χ4v) is 5.94. The maximum Gasteiger partial charge on any atom is 0.427 e. The number of amides is 2. The molecular formula is C29H25ClF3N2O4P. The molecule has 1 atom stereocenters. The summed E-state index contributed by atoms with van der Waals surface area (Å²) in [7, 11) is -4.11. The van der Waals surface area contributed by atoms with E-state index in [-0.39, 0.29) is 35.4 Å². The van der Waals surface area contributed by atoms with Crippen molar-refractivity contribution in [3.05, 3.63) is 101 Å². The van der Waals surface area contributed by atoms with E-state index in [1.54, 1.807) is 48.5 Å². The van der Waals surface area contributed by atoms with E-state index in [1.807, 2.05) is 12.1 Å². The maximum atomic E-state index is 14.6. The minimum absolute atomic E-state index is 0.0283. The summed E-state index contributed by atoms with van der Waals surface area (Å²) in [5.41, 5.74) is -2.08. The van der Waals surface area contributed by atoms with Gasteiger partial charge in [-0.25, -0.2) is 4.79 Å². The molecule has 1 N–H and O–H groups in total. The van der Waals surface area contributed by atoms with Crippen molar-refractivity contribution in [2.75, 3.05) is 11.2 Å². The molecule has 0 unspecified atom stereocenters. The summed E-state index contributed by atoms with van der Waals surface area (Å²) in [6.45, 7) is -0.204. The molecule has 1 aliphatic carbocycles. The van der Waals surface area contributed by atoms with Gasteiger partial charge in [-0.3, -0.25) is 9.46 Å². The van der Waals surface area contributed by atoms with E-state index in [0.717, 1.165) is 11.0 Å². The number of hydrogen-bond donors (Lipinski definition) is 1. The van der Waals surface area contributed by atoms with Crippen LogP contribution >= 0.6 is 19.2 Å². The molecule has 1 heterocycles. The largest absolute Gasteiger partial charge is 0.427 e. The van der Waals surface area contributed by atoms with Gasteiger partial charge in [0.05, 0.1) is 18.9 Å². The SMILES string of the molecule is O=C1N[C@](C#CC2CC2)(C(F)(F)F)c2cc(Cl)ccc2N1CP(=O)(OCc1ccccc1)OCc1ccccc1. The number of alkyl halides is 3. The van der Waals surface area contributed by atoms with Gasteiger partial charge < -0.3 is 14.4 Å². The van der Waals surface area contributed by atoms with Gasteiger partial charge in [-0.1, -0.05) is 84.1 Å². The Kier molecular flexibility index (Phi) is 7.98. The monoisotopic (exact) mass is 588 g/mol. The number of carbonyl (C=O) groups is 1. The minimum atomic E-state index is -4.96. The number of nitrogens with one attached hydrogen (secondary N) is 1. The van der Waals surface area contributed by atoms with Crippen molar-refractivity contribution in [3.63, 3.8) is 0 Å². The molecule has 40 heavy (non-hydrogen) atoms. The van der Waals surface area contributed by atoms with Gasteiger partial charge in [0.25, 0.3) is 0 Å². The fourth-order valence-electron chi connectivity index (χ4n) is 4.21. The number of benzene rings is 3. The molecule has 0 spiro atoms. The zero-order chi connectivity index (χ0) is 28.4. The first kappa shape index (κ1) is 28.3. The summed E-state index contributed by atoms with van der Waals surface area (Å²) < 4.78 is 69.6. The van der Waals surface area contributed by atoms with Crippen LogP contribution in [0.2, 0.25) is 5.02 Å². The summed E-state index contributed by atoms with van der Waals surface area (Å²) in [6.07, 6.45) is -4.21. The van der Waals surface area contributed by atoms with E-state index in [4.69, 9.17) is 20.6 Å². The molecule has 208 valence electrons. The van der Waals surface area contributed by atoms with Crippen LogP contribution in [-0.2, 0) is 32.4 Å². The number of nitrogens with zero attached hydrogens (tertiary/aromatic N) is 1. The van der Waals surface area contributed by atoms with Crippen LogP contribution < -0.4 is 10.2 Å². The van der Waals surface area contributed by atoms with E-state index < -0.39 is 31.6 Å². The highest BCUT2D eigenvalue weighted by molar-refractivity contribution is 7.54. The first-order valence-corrected chi connectivity index (χ1v) is 14.6. The Morgan fingerprint density at radius 2 is 1.55 bits per heavy atom. The van der Waals surface area contributed by atoms with Gasteiger partial charge >= 0.3 is 19.8 Å². The Hall–Kier alpha value is -3.28. The standard InChI is InChI=1S/C29H25ClF3N2O4P/c30-24-13-14-26-25(17-24)28(29(31,32)33,16-15-21-11-12-21)34-27(36)35(26)20-40(37,38-18-22-7-3-1-4-8-22)39-19-23-9-5-2-6-10-23/h1-10,13-14,17,21H,11-12,18-20H2,(H,34,36)/t28-/m0/s1. The van der Waals surface area contributed by atoms with Crippen LogP contribution in [0.4, 0.5) is 23.7 Å². The Morgan fingerprint density at radius 3 is 2.08 bits per heavy atom. The molecular weight excluding hydrogens is 564 g/mol. The number of halogens is 4. The third-order valence-electron chi connectivity index (χ3n) is 6.52. The Labute approximate surface area is 235 Å². The zero-order valence-electron chi connectivity index (χ0n) is 21.2. The number of carbonyl (C=O) groups excluding carboxylic acids is 1. The summed E-state index contributed by atoms with van der Waals surface area (Å²) >= 11 is 6.13. The molecule has 3 aromatic rings. The number of fused-ring (bicyclic) bond motifs is 1. The van der Waals surface area contributed by atoms with E-state index in [2.05, 4.69) is 17.2 Å². The quantitative estimate of drug-likeness (QED) is 0.217. The average molecular weight is 589 g/mol. The van der Waals surface area contributed by atoms with Crippen LogP contribution in [-0.4, -0.2) is 18.5 Å². The molecule has 0 bridgehead atoms. The Morgan fingerprint density at radius 1 is 0.975 bits per heavy atom. The van der Waals surface area contributed by atoms with Gasteiger partial charge in [0.2, 0.25) is 5.54 Å². The van der Waals surface area contributed by atoms with Crippen molar-refractivity contribution in [2.24, 2.45) is 5.92 Å². The number of rotatable bonds is 8. The smallest absolute Gasteiger partial charge is 0.310 e. The second kappa shape index (κ2) is 11.3. The van der Waals surface area contributed by atoms with Gasteiger partial charge in [-0.2, -0.15) is 13.2 Å². The molecule has 3 aromatic carbocycles. The minimum Gasteiger partial charge on any atom is -0.310 e. The molecule has 11 heteroatoms. The average Bonchev–Trinajstić information content (AvgIpc) is 3.77. The van der Waals surface area contributed by atoms with Gasteiger partial charge in [0.1, 0.15) is 6.29 Å². The lowest BCUT2D eigenvalue weighted by Gasteiger charge is -2.42. The molecule has 2 aliphatic rings. The molecule has 6 nitrogen and oxygen atoms in total. The highest BCUT2D eigenvalue weighted by Gasteiger charge is 2.61. The fraction of sp³-hybridized carbons (Fsp3) is 0.276. The summed E-state index contributed by atoms with van der Waals surface area (Å²) in [6, 6.07) is 20.5. The van der Waals surface area contributed by atoms with E-state index in [1.165, 1.54) is 12.1 Å². The van der Waals surface area contributed by atoms with Crippen LogP contribution in [0.15, 0.2) is 78.9 Å². The third-order valence-corrected chi connectivity index (χ3v) is 8.42. The van der Waals surface area contributed by atoms with E-state index in [9.17, 15) is 22.5 Å². The molecule has 1 fully saturated rings. The zero-order valence-corrected chi connectivity index (χ0v) is 22.8. The van der Waals surface area contributed by atoms with Crippen molar-refractivity contribution in [2.45, 2.75) is 37.8 Å². The van der Waals surface area contributed by atoms with Crippen molar-refractivity contribution in [1.29, 1.82) is 0 Å². The van der Waals surface area contributed by atoms with Crippen molar-refractivity contribution >= 4 is 30.9 Å². The van der Waals surface area contributed by atoms with Crippen molar-refractivity contribution in [3.8, 4) is 11.8 Å². The summed E-state index contributed by atoms with van der Waals surface area (Å²) in [5, 5.41) is 2.08. The molecule has 5 rings (SSSR count). The lowest BCUT2D eigenvalue weighted by atomic mass is 9.86. The number of hydrogen-bond acceptors (Lipinski definition) is 4. The van der Waals surface area contributed by atoms with Crippen LogP contribution in [0.25, 0.3) is 0 Å². The van der Waals surface area contributed by atoms with Crippen LogP contribution in [0, 0.1) is 17.8 Å². The van der Waals surface area contributed by atoms with Gasteiger partial charge in [0, 0.05) is 16.5 Å². The van der Waals surface area contributed by atoms with Crippen molar-refractivity contribution in [1.82, 2.24) is 5.32 Å². The first-order valence-electron chi connectivity index (χ1n) is 12.5. The van der Waals surface area contributed by atoms with Crippen LogP contribution in [0.5, 0.6) is 0 Å².